The van der Waals surface area contributed by atoms with Crippen LogP contribution in [0, 0.1) is 0 Å². The molecular formula is C18H14N4S3. The van der Waals surface area contributed by atoms with E-state index in [9.17, 15) is 0 Å². The number of thiophene rings is 2. The molecule has 124 valence electrons. The summed E-state index contributed by atoms with van der Waals surface area (Å²) in [7, 11) is 1.79. The van der Waals surface area contributed by atoms with Crippen molar-refractivity contribution in [3.8, 4) is 21.1 Å². The maximum Gasteiger partial charge on any atom is 0.170 e. The summed E-state index contributed by atoms with van der Waals surface area (Å²) in [5, 5.41) is 10.7. The standard InChI is InChI=1S/C18H14N4S3/c1-19-18(23)20-11-6-7-12-13(10-11)22-17(15-5-3-9-25-15)16(21-12)14-4-2-8-24-14/h2-10H,1H3,(H2,19,20,23). The van der Waals surface area contributed by atoms with E-state index in [0.717, 1.165) is 37.9 Å². The van der Waals surface area contributed by atoms with Crippen molar-refractivity contribution in [3.63, 3.8) is 0 Å². The lowest BCUT2D eigenvalue weighted by Gasteiger charge is -2.10. The predicted octanol–water partition coefficient (Wildman–Crippen LogP) is 5.00. The van der Waals surface area contributed by atoms with E-state index >= 15 is 0 Å². The van der Waals surface area contributed by atoms with Crippen LogP contribution in [-0.4, -0.2) is 22.1 Å². The van der Waals surface area contributed by atoms with E-state index in [4.69, 9.17) is 22.2 Å². The summed E-state index contributed by atoms with van der Waals surface area (Å²) >= 11 is 8.52. The Morgan fingerprint density at radius 1 is 0.920 bits per heavy atom. The summed E-state index contributed by atoms with van der Waals surface area (Å²) in [5.74, 6) is 0. The van der Waals surface area contributed by atoms with Crippen molar-refractivity contribution < 1.29 is 0 Å². The number of nitrogens with one attached hydrogen (secondary N) is 2. The minimum atomic E-state index is 0.570. The van der Waals surface area contributed by atoms with Gasteiger partial charge in [-0.1, -0.05) is 12.1 Å². The van der Waals surface area contributed by atoms with Gasteiger partial charge in [-0.2, -0.15) is 0 Å². The molecule has 0 fully saturated rings. The lowest BCUT2D eigenvalue weighted by molar-refractivity contribution is 1.20. The van der Waals surface area contributed by atoms with Crippen LogP contribution in [0.1, 0.15) is 0 Å². The van der Waals surface area contributed by atoms with Gasteiger partial charge >= 0.3 is 0 Å². The zero-order chi connectivity index (χ0) is 17.2. The number of benzene rings is 1. The number of hydrogen-bond acceptors (Lipinski definition) is 5. The first kappa shape index (κ1) is 16.1. The first-order chi connectivity index (χ1) is 12.2. The van der Waals surface area contributed by atoms with Crippen molar-refractivity contribution in [1.29, 1.82) is 0 Å². The fourth-order valence-electron chi connectivity index (χ4n) is 2.50. The molecule has 0 spiro atoms. The molecule has 0 bridgehead atoms. The average Bonchev–Trinajstić information content (AvgIpc) is 3.34. The SMILES string of the molecule is CNC(=S)Nc1ccc2nc(-c3cccs3)c(-c3cccs3)nc2c1. The van der Waals surface area contributed by atoms with Gasteiger partial charge in [0.25, 0.3) is 0 Å². The molecule has 3 aromatic heterocycles. The van der Waals surface area contributed by atoms with Gasteiger partial charge in [0, 0.05) is 12.7 Å². The zero-order valence-corrected chi connectivity index (χ0v) is 15.8. The highest BCUT2D eigenvalue weighted by Crippen LogP contribution is 2.35. The van der Waals surface area contributed by atoms with E-state index in [1.54, 1.807) is 29.7 Å². The number of anilines is 1. The molecule has 0 saturated heterocycles. The Kier molecular flexibility index (Phi) is 4.44. The lowest BCUT2D eigenvalue weighted by atomic mass is 10.2. The monoisotopic (exact) mass is 382 g/mol. The molecule has 0 aliphatic heterocycles. The fraction of sp³-hybridized carbons (Fsp3) is 0.0556. The van der Waals surface area contributed by atoms with Crippen LogP contribution >= 0.6 is 34.9 Å². The average molecular weight is 383 g/mol. The summed E-state index contributed by atoms with van der Waals surface area (Å²) in [6.07, 6.45) is 0. The highest BCUT2D eigenvalue weighted by Gasteiger charge is 2.15. The number of thiocarbonyl (C=S) groups is 1. The third-order valence-corrected chi connectivity index (χ3v) is 5.72. The quantitative estimate of drug-likeness (QED) is 0.488. The lowest BCUT2D eigenvalue weighted by Crippen LogP contribution is -2.24. The van der Waals surface area contributed by atoms with Crippen LogP contribution in [0.15, 0.2) is 53.2 Å². The Labute approximate surface area is 158 Å². The minimum absolute atomic E-state index is 0.570. The summed E-state index contributed by atoms with van der Waals surface area (Å²) in [4.78, 5) is 12.0. The van der Waals surface area contributed by atoms with E-state index in [1.165, 1.54) is 0 Å². The fourth-order valence-corrected chi connectivity index (χ4v) is 4.04. The molecule has 0 atom stereocenters. The van der Waals surface area contributed by atoms with Crippen LogP contribution in [0.3, 0.4) is 0 Å². The van der Waals surface area contributed by atoms with Crippen molar-refractivity contribution >= 4 is 56.7 Å². The Hall–Kier alpha value is -2.35. The largest absolute Gasteiger partial charge is 0.366 e. The number of rotatable bonds is 3. The molecule has 1 aromatic carbocycles. The third kappa shape index (κ3) is 3.26. The molecule has 4 aromatic rings. The smallest absolute Gasteiger partial charge is 0.170 e. The summed E-state index contributed by atoms with van der Waals surface area (Å²) < 4.78 is 0. The van der Waals surface area contributed by atoms with Gasteiger partial charge in [-0.05, 0) is 53.3 Å². The predicted molar refractivity (Wildman–Crippen MR) is 111 cm³/mol. The molecule has 0 amide bonds. The van der Waals surface area contributed by atoms with Gasteiger partial charge in [-0.3, -0.25) is 0 Å². The molecule has 25 heavy (non-hydrogen) atoms. The highest BCUT2D eigenvalue weighted by molar-refractivity contribution is 7.80. The maximum atomic E-state index is 5.17. The highest BCUT2D eigenvalue weighted by atomic mass is 32.1. The number of nitrogens with zero attached hydrogens (tertiary/aromatic N) is 2. The van der Waals surface area contributed by atoms with Crippen molar-refractivity contribution in [1.82, 2.24) is 15.3 Å². The Bertz CT molecular complexity index is 1020. The van der Waals surface area contributed by atoms with Gasteiger partial charge in [0.05, 0.1) is 20.8 Å². The molecule has 0 aliphatic rings. The van der Waals surface area contributed by atoms with Crippen LogP contribution in [0.2, 0.25) is 0 Å². The van der Waals surface area contributed by atoms with Gasteiger partial charge in [-0.15, -0.1) is 22.7 Å². The molecular weight excluding hydrogens is 368 g/mol. The first-order valence-corrected chi connectivity index (χ1v) is 9.79. The van der Waals surface area contributed by atoms with Gasteiger partial charge in [0.2, 0.25) is 0 Å². The minimum Gasteiger partial charge on any atom is -0.366 e. The van der Waals surface area contributed by atoms with Crippen molar-refractivity contribution in [2.75, 3.05) is 12.4 Å². The number of fused-ring (bicyclic) bond motifs is 1. The third-order valence-electron chi connectivity index (χ3n) is 3.66. The molecule has 4 nitrogen and oxygen atoms in total. The van der Waals surface area contributed by atoms with Crippen LogP contribution in [0.5, 0.6) is 0 Å². The molecule has 0 saturated carbocycles. The van der Waals surface area contributed by atoms with Crippen LogP contribution in [0.25, 0.3) is 32.2 Å². The second-order valence-electron chi connectivity index (χ2n) is 5.28. The molecule has 7 heteroatoms. The second-order valence-corrected chi connectivity index (χ2v) is 7.59. The Balaban J connectivity index is 1.89. The molecule has 0 radical (unpaired) electrons. The normalized spacial score (nSPS) is 10.8. The molecule has 0 unspecified atom stereocenters. The summed E-state index contributed by atoms with van der Waals surface area (Å²) in [6.45, 7) is 0. The molecule has 0 aliphatic carbocycles. The van der Waals surface area contributed by atoms with Crippen molar-refractivity contribution in [2.45, 2.75) is 0 Å². The van der Waals surface area contributed by atoms with E-state index in [0.29, 0.717) is 5.11 Å². The van der Waals surface area contributed by atoms with Gasteiger partial charge in [0.1, 0.15) is 11.4 Å². The van der Waals surface area contributed by atoms with Gasteiger partial charge in [-0.25, -0.2) is 9.97 Å². The van der Waals surface area contributed by atoms with Crippen LogP contribution in [-0.2, 0) is 0 Å². The summed E-state index contributed by atoms with van der Waals surface area (Å²) in [6, 6.07) is 14.1. The van der Waals surface area contributed by atoms with E-state index in [2.05, 4.69) is 33.5 Å². The van der Waals surface area contributed by atoms with Crippen molar-refractivity contribution in [3.05, 3.63) is 53.2 Å². The van der Waals surface area contributed by atoms with Crippen LogP contribution in [0.4, 0.5) is 5.69 Å². The molecule has 3 heterocycles. The van der Waals surface area contributed by atoms with E-state index in [-0.39, 0.29) is 0 Å². The maximum absolute atomic E-state index is 5.17. The topological polar surface area (TPSA) is 49.8 Å². The number of aromatic nitrogens is 2. The Morgan fingerprint density at radius 2 is 1.56 bits per heavy atom. The second kappa shape index (κ2) is 6.87. The van der Waals surface area contributed by atoms with Crippen molar-refractivity contribution in [2.24, 2.45) is 0 Å². The van der Waals surface area contributed by atoms with E-state index in [1.807, 2.05) is 30.3 Å². The zero-order valence-electron chi connectivity index (χ0n) is 13.3. The first-order valence-electron chi connectivity index (χ1n) is 7.63. The Morgan fingerprint density at radius 3 is 2.12 bits per heavy atom. The van der Waals surface area contributed by atoms with Gasteiger partial charge < -0.3 is 10.6 Å². The number of hydrogen-bond donors (Lipinski definition) is 2. The van der Waals surface area contributed by atoms with Crippen LogP contribution < -0.4 is 10.6 Å². The van der Waals surface area contributed by atoms with E-state index < -0.39 is 0 Å². The van der Waals surface area contributed by atoms with Gasteiger partial charge in [0.15, 0.2) is 5.11 Å². The molecule has 4 rings (SSSR count). The summed E-state index contributed by atoms with van der Waals surface area (Å²) in [5.41, 5.74) is 4.44. The molecule has 2 N–H and O–H groups in total.